The Morgan fingerprint density at radius 1 is 0.290 bits per heavy atom. The number of fused-ring (bicyclic) bond motifs is 3. The Bertz CT molecular complexity index is 3470. The Morgan fingerprint density at radius 3 is 1.00 bits per heavy atom. The standard InChI is InChI=1S/C59H38F9N/c1-35-9-5-11-37(23-35)43-25-44(38-12-6-10-36(2)24-38)27-47(26-43)41-19-21-54-51(33-41)52-34-42(20-22-55(52)69(54)56-18-4-3-17-53(56)59(66,67)68)48-29-45(39-13-7-15-49(31-39)57(60,61)62)28-46(30-48)40-14-8-16-50(32-40)58(63,64)65/h3-34H,1-2H3. The monoisotopic (exact) mass is 931 g/mol. The summed E-state index contributed by atoms with van der Waals surface area (Å²) < 4.78 is 130. The number of hydrogen-bond donors (Lipinski definition) is 0. The van der Waals surface area contributed by atoms with E-state index in [4.69, 9.17) is 0 Å². The van der Waals surface area contributed by atoms with Crippen LogP contribution in [0, 0.1) is 13.8 Å². The molecule has 0 atom stereocenters. The van der Waals surface area contributed by atoms with Crippen LogP contribution in [0.4, 0.5) is 39.5 Å². The Balaban J connectivity index is 1.23. The first-order valence-electron chi connectivity index (χ1n) is 21.9. The number of hydrogen-bond acceptors (Lipinski definition) is 0. The number of rotatable bonds is 7. The maximum atomic E-state index is 14.8. The molecule has 0 saturated carbocycles. The molecule has 0 aliphatic rings. The van der Waals surface area contributed by atoms with E-state index >= 15 is 0 Å². The minimum atomic E-state index is -4.70. The minimum Gasteiger partial charge on any atom is -0.309 e. The number of halogens is 9. The first-order valence-corrected chi connectivity index (χ1v) is 21.9. The fourth-order valence-electron chi connectivity index (χ4n) is 9.20. The van der Waals surface area contributed by atoms with Crippen molar-refractivity contribution in [3.63, 3.8) is 0 Å². The van der Waals surface area contributed by atoms with Gasteiger partial charge in [-0.05, 0) is 178 Å². The largest absolute Gasteiger partial charge is 0.418 e. The maximum Gasteiger partial charge on any atom is 0.418 e. The van der Waals surface area contributed by atoms with E-state index < -0.39 is 35.2 Å². The molecular formula is C59H38F9N. The predicted molar refractivity (Wildman–Crippen MR) is 258 cm³/mol. The van der Waals surface area contributed by atoms with Crippen molar-refractivity contribution >= 4 is 21.8 Å². The molecular weight excluding hydrogens is 894 g/mol. The lowest BCUT2D eigenvalue weighted by molar-refractivity contribution is -0.138. The number of alkyl halides is 9. The van der Waals surface area contributed by atoms with Crippen LogP contribution in [-0.4, -0.2) is 4.57 Å². The van der Waals surface area contributed by atoms with Crippen molar-refractivity contribution in [1.29, 1.82) is 0 Å². The van der Waals surface area contributed by atoms with E-state index in [0.717, 1.165) is 74.8 Å². The van der Waals surface area contributed by atoms with Crippen LogP contribution in [0.1, 0.15) is 27.8 Å². The van der Waals surface area contributed by atoms with E-state index in [0.29, 0.717) is 44.1 Å². The highest BCUT2D eigenvalue weighted by atomic mass is 19.4. The van der Waals surface area contributed by atoms with Gasteiger partial charge in [0.25, 0.3) is 0 Å². The van der Waals surface area contributed by atoms with Crippen LogP contribution in [0.15, 0.2) is 194 Å². The normalized spacial score (nSPS) is 12.3. The van der Waals surface area contributed by atoms with Gasteiger partial charge < -0.3 is 4.57 Å². The highest BCUT2D eigenvalue weighted by Gasteiger charge is 2.35. The molecule has 0 radical (unpaired) electrons. The van der Waals surface area contributed by atoms with Gasteiger partial charge in [-0.1, -0.05) is 108 Å². The van der Waals surface area contributed by atoms with E-state index in [1.165, 1.54) is 36.4 Å². The van der Waals surface area contributed by atoms with Crippen LogP contribution in [0.25, 0.3) is 94.3 Å². The summed E-state index contributed by atoms with van der Waals surface area (Å²) in [4.78, 5) is 0. The molecule has 9 aromatic carbocycles. The van der Waals surface area contributed by atoms with E-state index in [1.54, 1.807) is 41.0 Å². The van der Waals surface area contributed by atoms with Gasteiger partial charge in [0.1, 0.15) is 0 Å². The van der Waals surface area contributed by atoms with Gasteiger partial charge in [-0.3, -0.25) is 0 Å². The smallest absolute Gasteiger partial charge is 0.309 e. The van der Waals surface area contributed by atoms with E-state index in [-0.39, 0.29) is 16.8 Å². The van der Waals surface area contributed by atoms with Crippen LogP contribution in [-0.2, 0) is 18.5 Å². The highest BCUT2D eigenvalue weighted by molar-refractivity contribution is 6.12. The van der Waals surface area contributed by atoms with Crippen LogP contribution in [0.2, 0.25) is 0 Å². The molecule has 1 nitrogen and oxygen atoms in total. The average molecular weight is 932 g/mol. The van der Waals surface area contributed by atoms with Crippen molar-refractivity contribution in [1.82, 2.24) is 4.57 Å². The molecule has 1 heterocycles. The number of para-hydroxylation sites is 1. The van der Waals surface area contributed by atoms with Crippen molar-refractivity contribution in [2.45, 2.75) is 32.4 Å². The number of aromatic nitrogens is 1. The van der Waals surface area contributed by atoms with Gasteiger partial charge in [0.05, 0.1) is 33.4 Å². The molecule has 0 N–H and O–H groups in total. The lowest BCUT2D eigenvalue weighted by atomic mass is 9.91. The van der Waals surface area contributed by atoms with Gasteiger partial charge in [0, 0.05) is 10.8 Å². The highest BCUT2D eigenvalue weighted by Crippen LogP contribution is 2.44. The maximum absolute atomic E-state index is 14.8. The molecule has 0 unspecified atom stereocenters. The second kappa shape index (κ2) is 17.0. The number of aryl methyl sites for hydroxylation is 2. The van der Waals surface area contributed by atoms with Crippen molar-refractivity contribution in [3.05, 3.63) is 222 Å². The van der Waals surface area contributed by atoms with Gasteiger partial charge in [-0.15, -0.1) is 0 Å². The number of benzene rings is 9. The van der Waals surface area contributed by atoms with E-state index in [9.17, 15) is 39.5 Å². The lowest BCUT2D eigenvalue weighted by Gasteiger charge is -2.16. The summed E-state index contributed by atoms with van der Waals surface area (Å²) in [7, 11) is 0. The molecule has 69 heavy (non-hydrogen) atoms. The van der Waals surface area contributed by atoms with Crippen LogP contribution in [0.3, 0.4) is 0 Å². The Morgan fingerprint density at radius 2 is 0.638 bits per heavy atom. The minimum absolute atomic E-state index is 0.0907. The molecule has 0 saturated heterocycles. The summed E-state index contributed by atoms with van der Waals surface area (Å²) in [6.45, 7) is 4.05. The van der Waals surface area contributed by atoms with Gasteiger partial charge >= 0.3 is 18.5 Å². The fraction of sp³-hybridized carbons (Fsp3) is 0.0847. The number of nitrogens with zero attached hydrogens (tertiary/aromatic N) is 1. The van der Waals surface area contributed by atoms with E-state index in [1.807, 2.05) is 74.5 Å². The van der Waals surface area contributed by atoms with Crippen LogP contribution in [0.5, 0.6) is 0 Å². The summed E-state index contributed by atoms with van der Waals surface area (Å²) in [6.07, 6.45) is -14.0. The molecule has 10 aromatic rings. The van der Waals surface area contributed by atoms with Gasteiger partial charge in [0.15, 0.2) is 0 Å². The quantitative estimate of drug-likeness (QED) is 0.140. The Kier molecular flexibility index (Phi) is 11.1. The van der Waals surface area contributed by atoms with Gasteiger partial charge in [-0.25, -0.2) is 0 Å². The van der Waals surface area contributed by atoms with Crippen LogP contribution >= 0.6 is 0 Å². The first kappa shape index (κ1) is 45.0. The first-order chi connectivity index (χ1) is 32.9. The SMILES string of the molecule is Cc1cccc(-c2cc(-c3cccc(C)c3)cc(-c3ccc4c(c3)c3cc(-c5cc(-c6cccc(C(F)(F)F)c6)cc(-c6cccc(C(F)(F)F)c6)c5)ccc3n4-c3ccccc3C(F)(F)F)c2)c1. The van der Waals surface area contributed by atoms with E-state index in [2.05, 4.69) is 30.3 Å². The average Bonchev–Trinajstić information content (AvgIpc) is 3.66. The summed E-state index contributed by atoms with van der Waals surface area (Å²) in [5.41, 5.74) is 7.96. The lowest BCUT2D eigenvalue weighted by Crippen LogP contribution is -2.10. The summed E-state index contributed by atoms with van der Waals surface area (Å²) >= 11 is 0. The molecule has 0 spiro atoms. The third-order valence-corrected chi connectivity index (χ3v) is 12.5. The topological polar surface area (TPSA) is 4.93 Å². The zero-order valence-electron chi connectivity index (χ0n) is 36.8. The van der Waals surface area contributed by atoms with Crippen molar-refractivity contribution in [2.24, 2.45) is 0 Å². The van der Waals surface area contributed by atoms with Crippen molar-refractivity contribution < 1.29 is 39.5 Å². The molecule has 342 valence electrons. The zero-order chi connectivity index (χ0) is 48.4. The van der Waals surface area contributed by atoms with Crippen LogP contribution < -0.4 is 0 Å². The van der Waals surface area contributed by atoms with Gasteiger partial charge in [0.2, 0.25) is 0 Å². The molecule has 1 aromatic heterocycles. The molecule has 10 rings (SSSR count). The molecule has 0 amide bonds. The zero-order valence-corrected chi connectivity index (χ0v) is 36.8. The van der Waals surface area contributed by atoms with Crippen molar-refractivity contribution in [3.8, 4) is 72.4 Å². The van der Waals surface area contributed by atoms with Gasteiger partial charge in [-0.2, -0.15) is 39.5 Å². The predicted octanol–water partition coefficient (Wildman–Crippen LogP) is 18.5. The molecule has 10 heteroatoms. The summed E-state index contributed by atoms with van der Waals surface area (Å²) in [6, 6.07) is 53.2. The third-order valence-electron chi connectivity index (χ3n) is 12.5. The molecule has 0 fully saturated rings. The Labute approximate surface area is 391 Å². The summed E-state index contributed by atoms with van der Waals surface area (Å²) in [5.74, 6) is 0. The van der Waals surface area contributed by atoms with Crippen molar-refractivity contribution in [2.75, 3.05) is 0 Å². The second-order valence-corrected chi connectivity index (χ2v) is 17.3. The fourth-order valence-corrected chi connectivity index (χ4v) is 9.20. The second-order valence-electron chi connectivity index (χ2n) is 17.3. The molecule has 0 aliphatic heterocycles. The Hall–Kier alpha value is -7.85. The molecule has 0 aliphatic carbocycles. The summed E-state index contributed by atoms with van der Waals surface area (Å²) in [5, 5.41) is 1.19. The third kappa shape index (κ3) is 8.90. The molecule has 0 bridgehead atoms.